The minimum Gasteiger partial charge on any atom is -0.307 e. The second-order valence-electron chi connectivity index (χ2n) is 17.6. The van der Waals surface area contributed by atoms with Crippen molar-refractivity contribution in [2.45, 2.75) is 273 Å². The molecule has 69 heavy (non-hydrogen) atoms. The smallest absolute Gasteiger partial charge is 0.0240 e. The van der Waals surface area contributed by atoms with Crippen molar-refractivity contribution in [3.8, 4) is 11.1 Å². The van der Waals surface area contributed by atoms with Gasteiger partial charge in [-0.15, -0.1) is 0 Å². The van der Waals surface area contributed by atoms with E-state index in [9.17, 15) is 0 Å². The molecule has 0 radical (unpaired) electrons. The zero-order valence-corrected chi connectivity index (χ0v) is 48.1. The van der Waals surface area contributed by atoms with Crippen molar-refractivity contribution in [2.75, 3.05) is 20.1 Å². The molecule has 3 aliphatic carbocycles. The van der Waals surface area contributed by atoms with Crippen molar-refractivity contribution in [3.63, 3.8) is 0 Å². The van der Waals surface area contributed by atoms with Crippen LogP contribution in [0.4, 0.5) is 0 Å². The Morgan fingerprint density at radius 3 is 1.03 bits per heavy atom. The van der Waals surface area contributed by atoms with Gasteiger partial charge in [0, 0.05) is 18.6 Å². The Kier molecular flexibility index (Phi) is 68.7. The number of rotatable bonds is 6. The number of nitrogens with zero attached hydrogens (tertiary/aromatic N) is 2. The van der Waals surface area contributed by atoms with Gasteiger partial charge in [0.2, 0.25) is 0 Å². The lowest BCUT2D eigenvalue weighted by Gasteiger charge is -2.67. The van der Waals surface area contributed by atoms with Crippen molar-refractivity contribution in [3.05, 3.63) is 94.5 Å². The number of likely N-dealkylation sites (tertiary alicyclic amines) is 1. The van der Waals surface area contributed by atoms with Gasteiger partial charge < -0.3 is 4.90 Å². The Labute approximate surface area is 442 Å². The standard InChI is InChI=1S/C23H35N.C13H10.C5H13N.5C3H8.3C2H6.5CH4/c1-7-17-9-18(8-2)11-19(10-17)12-24-16(6)15(5)22-20-13(3)14(4)21(20)23(22)24;1-3-7-12-10(5-1)9-11-6-2-4-8-13(11)12;1-4-6(3)5-2;5*1-3-2;3*1-2;;;;;/h9-11,13-16,20-23H,7-8,12H2,1-6H3;1-8H,9H2;4-5H2,1-3H3;5*3H2,1-2H3;3*1-2H3;5*1H4/t13-,14+,15+,16-,20-,21+,22-,23?;;;;;;;;;;;;;;;/m0.............../s1. The molecule has 2 heteroatoms. The van der Waals surface area contributed by atoms with Crippen molar-refractivity contribution in [2.24, 2.45) is 35.5 Å². The summed E-state index contributed by atoms with van der Waals surface area (Å²) in [6.07, 6.45) is 9.66. The van der Waals surface area contributed by atoms with Crippen LogP contribution in [0.15, 0.2) is 66.7 Å². The summed E-state index contributed by atoms with van der Waals surface area (Å²) in [4.78, 5) is 5.13. The third-order valence-electron chi connectivity index (χ3n) is 12.1. The molecule has 4 aliphatic rings. The molecular formula is C67H136N2. The van der Waals surface area contributed by atoms with Crippen molar-refractivity contribution < 1.29 is 0 Å². The van der Waals surface area contributed by atoms with E-state index >= 15 is 0 Å². The molecule has 0 bridgehead atoms. The SMILES string of the molecule is C.C.C.C.C.CC.CC.CC.CCC.CCC.CCC.CCC.CCC.CCN(C)CC.CCc1cc(CC)cc(CN2C3[C@@H]4[C@H](C)[C@H](C)[C@@H]4[C@@H]3[C@H](C)[C@@H]2C)c1.c1ccc2c(c1)Cc1ccccc1-2. The number of hydrogen-bond acceptors (Lipinski definition) is 2. The molecule has 8 atom stereocenters. The first-order valence-corrected chi connectivity index (χ1v) is 27.5. The molecule has 3 aromatic rings. The Balaban J connectivity index is -0.0000000980. The van der Waals surface area contributed by atoms with Crippen LogP contribution >= 0.6 is 0 Å². The van der Waals surface area contributed by atoms with Crippen molar-refractivity contribution in [1.82, 2.24) is 9.80 Å². The van der Waals surface area contributed by atoms with Gasteiger partial charge in [0.15, 0.2) is 0 Å². The van der Waals surface area contributed by atoms with Crippen LogP contribution in [0.1, 0.15) is 263 Å². The predicted octanol–water partition coefficient (Wildman–Crippen LogP) is 22.7. The van der Waals surface area contributed by atoms with Crippen LogP contribution in [-0.4, -0.2) is 42.0 Å². The molecule has 7 rings (SSSR count). The second kappa shape index (κ2) is 54.9. The van der Waals surface area contributed by atoms with E-state index in [1.807, 2.05) is 41.5 Å². The maximum atomic E-state index is 2.88. The normalized spacial score (nSPS) is 20.0. The third kappa shape index (κ3) is 29.0. The Morgan fingerprint density at radius 1 is 0.435 bits per heavy atom. The Bertz CT molecular complexity index is 1360. The van der Waals surface area contributed by atoms with E-state index in [0.717, 1.165) is 86.5 Å². The maximum Gasteiger partial charge on any atom is 0.0240 e. The summed E-state index contributed by atoms with van der Waals surface area (Å²) in [6.45, 7) is 55.6. The lowest BCUT2D eigenvalue weighted by molar-refractivity contribution is -0.185. The molecule has 3 fully saturated rings. The van der Waals surface area contributed by atoms with E-state index in [1.54, 1.807) is 5.56 Å². The second-order valence-corrected chi connectivity index (χ2v) is 17.6. The van der Waals surface area contributed by atoms with Gasteiger partial charge >= 0.3 is 0 Å². The van der Waals surface area contributed by atoms with Gasteiger partial charge in [0.1, 0.15) is 0 Å². The van der Waals surface area contributed by atoms with E-state index in [1.165, 1.54) is 65.5 Å². The van der Waals surface area contributed by atoms with Crippen LogP contribution in [0.5, 0.6) is 0 Å². The average Bonchev–Trinajstić information content (AvgIpc) is 3.78. The molecule has 2 saturated carbocycles. The highest BCUT2D eigenvalue weighted by molar-refractivity contribution is 5.76. The van der Waals surface area contributed by atoms with Gasteiger partial charge in [0.05, 0.1) is 0 Å². The lowest BCUT2D eigenvalue weighted by Crippen LogP contribution is -2.68. The van der Waals surface area contributed by atoms with Gasteiger partial charge in [-0.1, -0.05) is 295 Å². The number of benzene rings is 3. The fourth-order valence-electron chi connectivity index (χ4n) is 8.84. The molecular weight excluding hydrogens is 833 g/mol. The van der Waals surface area contributed by atoms with E-state index in [2.05, 4.69) is 208 Å². The molecule has 1 unspecified atom stereocenters. The van der Waals surface area contributed by atoms with Crippen LogP contribution in [0.2, 0.25) is 0 Å². The van der Waals surface area contributed by atoms with Crippen LogP contribution in [-0.2, 0) is 25.8 Å². The molecule has 1 heterocycles. The fraction of sp³-hybridized carbons (Fsp3) is 0.731. The summed E-state index contributed by atoms with van der Waals surface area (Å²) in [5.74, 6) is 5.74. The zero-order valence-electron chi connectivity index (χ0n) is 48.1. The molecule has 0 amide bonds. The topological polar surface area (TPSA) is 6.48 Å². The minimum atomic E-state index is 0. The number of fused-ring (bicyclic) bond motifs is 7. The van der Waals surface area contributed by atoms with Crippen LogP contribution in [0, 0.1) is 35.5 Å². The third-order valence-corrected chi connectivity index (χ3v) is 12.1. The molecule has 1 aliphatic heterocycles. The van der Waals surface area contributed by atoms with E-state index in [-0.39, 0.29) is 37.1 Å². The van der Waals surface area contributed by atoms with Crippen molar-refractivity contribution in [1.29, 1.82) is 0 Å². The van der Waals surface area contributed by atoms with Gasteiger partial charge in [-0.05, 0) is 121 Å². The summed E-state index contributed by atoms with van der Waals surface area (Å²) in [5.41, 5.74) is 10.3. The van der Waals surface area contributed by atoms with Crippen LogP contribution in [0.25, 0.3) is 11.1 Å². The van der Waals surface area contributed by atoms with Crippen LogP contribution < -0.4 is 0 Å². The highest BCUT2D eigenvalue weighted by Gasteiger charge is 2.69. The Morgan fingerprint density at radius 2 is 0.725 bits per heavy atom. The van der Waals surface area contributed by atoms with Crippen molar-refractivity contribution >= 4 is 0 Å². The molecule has 2 nitrogen and oxygen atoms in total. The lowest BCUT2D eigenvalue weighted by atomic mass is 9.40. The summed E-state index contributed by atoms with van der Waals surface area (Å²) < 4.78 is 0. The number of hydrogen-bond donors (Lipinski definition) is 0. The average molecular weight is 970 g/mol. The summed E-state index contributed by atoms with van der Waals surface area (Å²) in [6, 6.07) is 26.2. The van der Waals surface area contributed by atoms with Gasteiger partial charge in [-0.25, -0.2) is 0 Å². The van der Waals surface area contributed by atoms with Gasteiger partial charge in [-0.3, -0.25) is 4.90 Å². The molecule has 0 aromatic heterocycles. The molecule has 1 saturated heterocycles. The first kappa shape index (κ1) is 86.4. The van der Waals surface area contributed by atoms with Gasteiger partial charge in [0.25, 0.3) is 0 Å². The Hall–Kier alpha value is -2.42. The zero-order chi connectivity index (χ0) is 50.4. The predicted molar refractivity (Wildman–Crippen MR) is 333 cm³/mol. The largest absolute Gasteiger partial charge is 0.307 e. The first-order valence-electron chi connectivity index (χ1n) is 27.5. The molecule has 414 valence electrons. The molecule has 3 aromatic carbocycles. The first-order chi connectivity index (χ1) is 30.8. The number of aryl methyl sites for hydroxylation is 2. The molecule has 0 N–H and O–H groups in total. The van der Waals surface area contributed by atoms with Crippen LogP contribution in [0.3, 0.4) is 0 Å². The summed E-state index contributed by atoms with van der Waals surface area (Å²) in [7, 11) is 2.11. The highest BCUT2D eigenvalue weighted by Crippen LogP contribution is 2.68. The maximum absolute atomic E-state index is 2.88. The fourth-order valence-corrected chi connectivity index (χ4v) is 8.84. The van der Waals surface area contributed by atoms with E-state index in [4.69, 9.17) is 0 Å². The quantitative estimate of drug-likeness (QED) is 0.190. The highest BCUT2D eigenvalue weighted by atomic mass is 15.3. The monoisotopic (exact) mass is 969 g/mol. The van der Waals surface area contributed by atoms with E-state index in [0.29, 0.717) is 0 Å². The summed E-state index contributed by atoms with van der Waals surface area (Å²) in [5, 5.41) is 0. The molecule has 0 spiro atoms. The summed E-state index contributed by atoms with van der Waals surface area (Å²) >= 11 is 0. The van der Waals surface area contributed by atoms with E-state index < -0.39 is 0 Å². The minimum absolute atomic E-state index is 0. The van der Waals surface area contributed by atoms with Gasteiger partial charge in [-0.2, -0.15) is 0 Å².